The first-order chi connectivity index (χ1) is 9.22. The average Bonchev–Trinajstić information content (AvgIpc) is 2.41. The van der Waals surface area contributed by atoms with Gasteiger partial charge in [0, 0.05) is 0 Å². The average molecular weight is 272 g/mol. The van der Waals surface area contributed by atoms with Gasteiger partial charge in [-0.25, -0.2) is 4.79 Å². The Morgan fingerprint density at radius 3 is 2.05 bits per heavy atom. The Kier molecular flexibility index (Phi) is 13.4. The predicted molar refractivity (Wildman–Crippen MR) is 79.1 cm³/mol. The van der Waals surface area contributed by atoms with E-state index in [-0.39, 0.29) is 0 Å². The molecule has 3 nitrogen and oxygen atoms in total. The number of rotatable bonds is 13. The molecule has 1 N–H and O–H groups in total. The van der Waals surface area contributed by atoms with Gasteiger partial charge in [-0.05, 0) is 12.8 Å². The topological polar surface area (TPSA) is 46.5 Å². The van der Waals surface area contributed by atoms with E-state index >= 15 is 0 Å². The van der Waals surface area contributed by atoms with Crippen LogP contribution in [0.25, 0.3) is 0 Å². The normalized spacial score (nSPS) is 12.4. The lowest BCUT2D eigenvalue weighted by atomic mass is 10.1. The van der Waals surface area contributed by atoms with Gasteiger partial charge in [-0.2, -0.15) is 0 Å². The number of aliphatic hydroxyl groups is 1. The second-order valence-corrected chi connectivity index (χ2v) is 5.30. The zero-order chi connectivity index (χ0) is 14.3. The molecule has 1 unspecified atom stereocenters. The third kappa shape index (κ3) is 12.2. The van der Waals surface area contributed by atoms with E-state index in [4.69, 9.17) is 4.74 Å². The van der Waals surface area contributed by atoms with Crippen molar-refractivity contribution in [2.24, 2.45) is 0 Å². The van der Waals surface area contributed by atoms with Gasteiger partial charge in [-0.3, -0.25) is 0 Å². The molecule has 0 aliphatic carbocycles. The molecule has 0 spiro atoms. The smallest absolute Gasteiger partial charge is 0.334 e. The summed E-state index contributed by atoms with van der Waals surface area (Å²) in [5.74, 6) is -0.443. The van der Waals surface area contributed by atoms with Crippen LogP contribution in [0, 0.1) is 0 Å². The van der Waals surface area contributed by atoms with Crippen LogP contribution in [0.4, 0.5) is 0 Å². The third-order valence-electron chi connectivity index (χ3n) is 3.35. The Morgan fingerprint density at radius 1 is 0.895 bits per heavy atom. The number of esters is 1. The van der Waals surface area contributed by atoms with Crippen molar-refractivity contribution >= 4 is 5.97 Å². The molecule has 0 aliphatic rings. The Morgan fingerprint density at radius 2 is 1.42 bits per heavy atom. The highest BCUT2D eigenvalue weighted by molar-refractivity contribution is 5.74. The van der Waals surface area contributed by atoms with E-state index in [1.807, 2.05) is 0 Å². The van der Waals surface area contributed by atoms with Crippen LogP contribution in [0.1, 0.15) is 84.5 Å². The summed E-state index contributed by atoms with van der Waals surface area (Å²) >= 11 is 0. The molecule has 0 bridgehead atoms. The number of carbonyl (C=O) groups is 1. The van der Waals surface area contributed by atoms with Crippen molar-refractivity contribution < 1.29 is 14.6 Å². The molecule has 0 aromatic rings. The maximum absolute atomic E-state index is 11.4. The summed E-state index contributed by atoms with van der Waals surface area (Å²) in [6.07, 6.45) is 11.1. The molecule has 0 amide bonds. The highest BCUT2D eigenvalue weighted by atomic mass is 16.5. The van der Waals surface area contributed by atoms with Gasteiger partial charge in [-0.1, -0.05) is 71.6 Å². The second kappa shape index (κ2) is 13.9. The Labute approximate surface area is 118 Å². The molecular weight excluding hydrogens is 240 g/mol. The van der Waals surface area contributed by atoms with Crippen molar-refractivity contribution in [3.63, 3.8) is 0 Å². The van der Waals surface area contributed by atoms with E-state index < -0.39 is 12.1 Å². The summed E-state index contributed by atoms with van der Waals surface area (Å²) in [7, 11) is 0. The van der Waals surface area contributed by atoms with Gasteiger partial charge in [0.1, 0.15) is 0 Å². The monoisotopic (exact) mass is 272 g/mol. The molecule has 0 saturated heterocycles. The molecule has 0 aliphatic heterocycles. The van der Waals surface area contributed by atoms with E-state index in [0.717, 1.165) is 32.1 Å². The number of hydrogen-bond acceptors (Lipinski definition) is 3. The van der Waals surface area contributed by atoms with Gasteiger partial charge < -0.3 is 9.84 Å². The standard InChI is InChI=1S/C16H32O3/c1-3-5-7-8-9-10-12-14-19-16(18)15(17)13-11-6-4-2/h15,17H,3-14H2,1-2H3. The minimum Gasteiger partial charge on any atom is -0.464 e. The lowest BCUT2D eigenvalue weighted by Crippen LogP contribution is -2.23. The number of aliphatic hydroxyl groups excluding tert-OH is 1. The first kappa shape index (κ1) is 18.4. The van der Waals surface area contributed by atoms with Gasteiger partial charge in [-0.15, -0.1) is 0 Å². The molecule has 0 radical (unpaired) electrons. The summed E-state index contributed by atoms with van der Waals surface area (Å²) in [6, 6.07) is 0. The molecule has 0 rings (SSSR count). The van der Waals surface area contributed by atoms with E-state index in [1.165, 1.54) is 32.1 Å². The number of hydrogen-bond donors (Lipinski definition) is 1. The van der Waals surface area contributed by atoms with Crippen molar-refractivity contribution in [2.75, 3.05) is 6.61 Å². The zero-order valence-corrected chi connectivity index (χ0v) is 12.8. The molecular formula is C16H32O3. The first-order valence-electron chi connectivity index (χ1n) is 8.07. The first-order valence-corrected chi connectivity index (χ1v) is 8.07. The van der Waals surface area contributed by atoms with Crippen molar-refractivity contribution in [1.29, 1.82) is 0 Å². The number of ether oxygens (including phenoxy) is 1. The Balaban J connectivity index is 3.32. The summed E-state index contributed by atoms with van der Waals surface area (Å²) in [6.45, 7) is 4.77. The van der Waals surface area contributed by atoms with Crippen LogP contribution >= 0.6 is 0 Å². The minimum atomic E-state index is -0.920. The van der Waals surface area contributed by atoms with E-state index in [9.17, 15) is 9.90 Å². The van der Waals surface area contributed by atoms with E-state index in [2.05, 4.69) is 13.8 Å². The fourth-order valence-corrected chi connectivity index (χ4v) is 2.03. The van der Waals surface area contributed by atoms with Crippen molar-refractivity contribution in [1.82, 2.24) is 0 Å². The Hall–Kier alpha value is -0.570. The maximum Gasteiger partial charge on any atom is 0.334 e. The molecule has 19 heavy (non-hydrogen) atoms. The van der Waals surface area contributed by atoms with Gasteiger partial charge in [0.05, 0.1) is 6.61 Å². The van der Waals surface area contributed by atoms with Crippen LogP contribution in [0.2, 0.25) is 0 Å². The summed E-state index contributed by atoms with van der Waals surface area (Å²) in [4.78, 5) is 11.4. The van der Waals surface area contributed by atoms with Gasteiger partial charge in [0.15, 0.2) is 6.10 Å². The van der Waals surface area contributed by atoms with Crippen molar-refractivity contribution in [2.45, 2.75) is 90.6 Å². The molecule has 1 atom stereocenters. The highest BCUT2D eigenvalue weighted by Gasteiger charge is 2.15. The fourth-order valence-electron chi connectivity index (χ4n) is 2.03. The molecule has 0 fully saturated rings. The molecule has 0 aromatic carbocycles. The highest BCUT2D eigenvalue weighted by Crippen LogP contribution is 2.08. The van der Waals surface area contributed by atoms with Crippen LogP contribution in [0.3, 0.4) is 0 Å². The van der Waals surface area contributed by atoms with Gasteiger partial charge >= 0.3 is 5.97 Å². The van der Waals surface area contributed by atoms with Crippen LogP contribution in [0.5, 0.6) is 0 Å². The molecule has 114 valence electrons. The lowest BCUT2D eigenvalue weighted by Gasteiger charge is -2.10. The third-order valence-corrected chi connectivity index (χ3v) is 3.35. The molecule has 3 heteroatoms. The summed E-state index contributed by atoms with van der Waals surface area (Å²) in [5.41, 5.74) is 0. The van der Waals surface area contributed by atoms with Gasteiger partial charge in [0.2, 0.25) is 0 Å². The number of carbonyl (C=O) groups excluding carboxylic acids is 1. The summed E-state index contributed by atoms with van der Waals surface area (Å²) < 4.78 is 5.07. The molecule has 0 saturated carbocycles. The SMILES string of the molecule is CCCCCCCCCOC(=O)C(O)CCCCC. The van der Waals surface area contributed by atoms with Gasteiger partial charge in [0.25, 0.3) is 0 Å². The zero-order valence-electron chi connectivity index (χ0n) is 12.8. The van der Waals surface area contributed by atoms with Crippen LogP contribution < -0.4 is 0 Å². The van der Waals surface area contributed by atoms with Crippen LogP contribution in [0.15, 0.2) is 0 Å². The second-order valence-electron chi connectivity index (χ2n) is 5.30. The van der Waals surface area contributed by atoms with Crippen LogP contribution in [-0.4, -0.2) is 23.8 Å². The summed E-state index contributed by atoms with van der Waals surface area (Å²) in [5, 5.41) is 9.57. The molecule has 0 heterocycles. The number of unbranched alkanes of at least 4 members (excludes halogenated alkanes) is 8. The van der Waals surface area contributed by atoms with Crippen molar-refractivity contribution in [3.8, 4) is 0 Å². The molecule has 0 aromatic heterocycles. The minimum absolute atomic E-state index is 0.443. The largest absolute Gasteiger partial charge is 0.464 e. The lowest BCUT2D eigenvalue weighted by molar-refractivity contribution is -0.154. The maximum atomic E-state index is 11.4. The predicted octanol–water partition coefficient (Wildman–Crippen LogP) is 4.22. The van der Waals surface area contributed by atoms with Crippen LogP contribution in [-0.2, 0) is 9.53 Å². The van der Waals surface area contributed by atoms with E-state index in [0.29, 0.717) is 13.0 Å². The van der Waals surface area contributed by atoms with Crippen molar-refractivity contribution in [3.05, 3.63) is 0 Å². The quantitative estimate of drug-likeness (QED) is 0.403. The van der Waals surface area contributed by atoms with E-state index in [1.54, 1.807) is 0 Å². The fraction of sp³-hybridized carbons (Fsp3) is 0.938. The Bertz CT molecular complexity index is 204.